The third-order valence-electron chi connectivity index (χ3n) is 3.99. The van der Waals surface area contributed by atoms with Gasteiger partial charge in [0.15, 0.2) is 11.4 Å². The predicted molar refractivity (Wildman–Crippen MR) is 84.1 cm³/mol. The van der Waals surface area contributed by atoms with Crippen molar-refractivity contribution < 1.29 is 14.3 Å². The molecule has 0 fully saturated rings. The molecule has 0 radical (unpaired) electrons. The van der Waals surface area contributed by atoms with Gasteiger partial charge in [-0.25, -0.2) is 4.79 Å². The first-order chi connectivity index (χ1) is 10.7. The Morgan fingerprint density at radius 2 is 1.64 bits per heavy atom. The molecule has 1 heterocycles. The highest BCUT2D eigenvalue weighted by Gasteiger charge is 2.45. The Bertz CT molecular complexity index is 676. The van der Waals surface area contributed by atoms with Crippen LogP contribution in [0.15, 0.2) is 72.5 Å². The fraction of sp³-hybridized carbons (Fsp3) is 0.211. The van der Waals surface area contributed by atoms with E-state index in [1.54, 1.807) is 7.11 Å². The van der Waals surface area contributed by atoms with Crippen LogP contribution in [0.3, 0.4) is 0 Å². The Hall–Kier alpha value is -2.55. The molecule has 0 saturated heterocycles. The Labute approximate surface area is 130 Å². The molecule has 0 spiro atoms. The number of rotatable bonds is 5. The monoisotopic (exact) mass is 294 g/mol. The molecule has 3 heteroatoms. The summed E-state index contributed by atoms with van der Waals surface area (Å²) in [6.07, 6.45) is 2.88. The summed E-state index contributed by atoms with van der Waals surface area (Å²) < 4.78 is 11.2. The van der Waals surface area contributed by atoms with E-state index in [2.05, 4.69) is 12.1 Å². The summed E-state index contributed by atoms with van der Waals surface area (Å²) in [5.74, 6) is 0.216. The lowest BCUT2D eigenvalue weighted by Gasteiger charge is -2.30. The number of ether oxygens (including phenoxy) is 2. The summed E-state index contributed by atoms with van der Waals surface area (Å²) in [7, 11) is 1.58. The molecule has 0 bridgehead atoms. The van der Waals surface area contributed by atoms with Crippen molar-refractivity contribution >= 4 is 5.97 Å². The van der Waals surface area contributed by atoms with Crippen molar-refractivity contribution in [2.24, 2.45) is 0 Å². The summed E-state index contributed by atoms with van der Waals surface area (Å²) in [6.45, 7) is 0. The van der Waals surface area contributed by atoms with Crippen LogP contribution in [0.1, 0.15) is 17.5 Å². The third kappa shape index (κ3) is 2.62. The predicted octanol–water partition coefficient (Wildman–Crippen LogP) is 3.60. The topological polar surface area (TPSA) is 35.5 Å². The quantitative estimate of drug-likeness (QED) is 0.790. The molecule has 1 unspecified atom stereocenters. The first kappa shape index (κ1) is 14.4. The molecule has 2 aromatic carbocycles. The second-order valence-corrected chi connectivity index (χ2v) is 5.31. The summed E-state index contributed by atoms with van der Waals surface area (Å²) >= 11 is 0. The van der Waals surface area contributed by atoms with E-state index in [4.69, 9.17) is 9.47 Å². The van der Waals surface area contributed by atoms with Gasteiger partial charge in [-0.3, -0.25) is 0 Å². The molecule has 0 amide bonds. The lowest BCUT2D eigenvalue weighted by molar-refractivity contribution is -0.149. The first-order valence-corrected chi connectivity index (χ1v) is 7.33. The van der Waals surface area contributed by atoms with Gasteiger partial charge in [-0.15, -0.1) is 0 Å². The molecular weight excluding hydrogens is 276 g/mol. The van der Waals surface area contributed by atoms with E-state index in [-0.39, 0.29) is 5.97 Å². The maximum Gasteiger partial charge on any atom is 0.335 e. The lowest BCUT2D eigenvalue weighted by Crippen LogP contribution is -2.31. The maximum absolute atomic E-state index is 11.8. The summed E-state index contributed by atoms with van der Waals surface area (Å²) in [5, 5.41) is 0. The van der Waals surface area contributed by atoms with Crippen molar-refractivity contribution in [2.75, 3.05) is 7.11 Å². The van der Waals surface area contributed by atoms with Crippen LogP contribution in [0, 0.1) is 0 Å². The molecule has 0 aromatic heterocycles. The molecule has 1 aliphatic heterocycles. The van der Waals surface area contributed by atoms with E-state index < -0.39 is 5.60 Å². The molecule has 2 aromatic rings. The minimum absolute atomic E-state index is 0.353. The average Bonchev–Trinajstić information content (AvgIpc) is 2.92. The van der Waals surface area contributed by atoms with Crippen LogP contribution >= 0.6 is 0 Å². The van der Waals surface area contributed by atoms with Crippen molar-refractivity contribution in [2.45, 2.75) is 18.4 Å². The molecule has 3 rings (SSSR count). The normalized spacial score (nSPS) is 20.4. The largest absolute Gasteiger partial charge is 0.496 e. The van der Waals surface area contributed by atoms with E-state index in [9.17, 15) is 4.79 Å². The average molecular weight is 294 g/mol. The molecule has 1 aliphatic rings. The Morgan fingerprint density at radius 3 is 2.27 bits per heavy atom. The van der Waals surface area contributed by atoms with E-state index >= 15 is 0 Å². The summed E-state index contributed by atoms with van der Waals surface area (Å²) in [4.78, 5) is 11.8. The highest BCUT2D eigenvalue weighted by Crippen LogP contribution is 2.42. The van der Waals surface area contributed by atoms with Gasteiger partial charge < -0.3 is 9.47 Å². The van der Waals surface area contributed by atoms with Crippen molar-refractivity contribution in [3.8, 4) is 0 Å². The van der Waals surface area contributed by atoms with E-state index in [1.165, 1.54) is 11.6 Å². The van der Waals surface area contributed by atoms with Gasteiger partial charge in [-0.2, -0.15) is 0 Å². The number of carbonyl (C=O) groups excluding carboxylic acids is 1. The van der Waals surface area contributed by atoms with Crippen molar-refractivity contribution in [1.82, 2.24) is 0 Å². The number of benzene rings is 2. The summed E-state index contributed by atoms with van der Waals surface area (Å²) in [5.41, 5.74) is 1.31. The molecule has 0 aliphatic carbocycles. The number of esters is 1. The zero-order chi connectivity index (χ0) is 15.4. The van der Waals surface area contributed by atoms with Crippen LogP contribution < -0.4 is 0 Å². The SMILES string of the molecule is COC1=CC(=O)OC1(CCc1ccccc1)c1ccccc1. The minimum atomic E-state index is -0.830. The van der Waals surface area contributed by atoms with Crippen LogP contribution in [0.25, 0.3) is 0 Å². The fourth-order valence-corrected chi connectivity index (χ4v) is 2.89. The Morgan fingerprint density at radius 1 is 1.00 bits per heavy atom. The zero-order valence-corrected chi connectivity index (χ0v) is 12.5. The van der Waals surface area contributed by atoms with Crippen LogP contribution in [-0.2, 0) is 26.3 Å². The number of methoxy groups -OCH3 is 1. The Kier molecular flexibility index (Phi) is 3.96. The lowest BCUT2D eigenvalue weighted by atomic mass is 9.86. The highest BCUT2D eigenvalue weighted by molar-refractivity contribution is 5.86. The van der Waals surface area contributed by atoms with Gasteiger partial charge in [0.2, 0.25) is 0 Å². The number of hydrogen-bond acceptors (Lipinski definition) is 3. The third-order valence-corrected chi connectivity index (χ3v) is 3.99. The van der Waals surface area contributed by atoms with Gasteiger partial charge >= 0.3 is 5.97 Å². The number of aryl methyl sites for hydroxylation is 1. The zero-order valence-electron chi connectivity index (χ0n) is 12.5. The van der Waals surface area contributed by atoms with Crippen LogP contribution in [0.2, 0.25) is 0 Å². The maximum atomic E-state index is 11.8. The molecule has 3 nitrogen and oxygen atoms in total. The van der Waals surface area contributed by atoms with Crippen LogP contribution in [-0.4, -0.2) is 13.1 Å². The molecule has 1 atom stereocenters. The number of carbonyl (C=O) groups is 1. The van der Waals surface area contributed by atoms with Crippen molar-refractivity contribution in [1.29, 1.82) is 0 Å². The highest BCUT2D eigenvalue weighted by atomic mass is 16.6. The fourth-order valence-electron chi connectivity index (χ4n) is 2.89. The Balaban J connectivity index is 1.94. The van der Waals surface area contributed by atoms with Gasteiger partial charge in [0, 0.05) is 12.0 Å². The molecule has 112 valence electrons. The van der Waals surface area contributed by atoms with Gasteiger partial charge in [0.25, 0.3) is 0 Å². The van der Waals surface area contributed by atoms with Crippen molar-refractivity contribution in [3.63, 3.8) is 0 Å². The first-order valence-electron chi connectivity index (χ1n) is 7.33. The van der Waals surface area contributed by atoms with E-state index in [0.29, 0.717) is 12.2 Å². The number of cyclic esters (lactones) is 1. The van der Waals surface area contributed by atoms with Crippen LogP contribution in [0.5, 0.6) is 0 Å². The van der Waals surface area contributed by atoms with Crippen LogP contribution in [0.4, 0.5) is 0 Å². The van der Waals surface area contributed by atoms with Crippen molar-refractivity contribution in [3.05, 3.63) is 83.6 Å². The molecular formula is C19H18O3. The van der Waals surface area contributed by atoms with E-state index in [1.807, 2.05) is 48.5 Å². The summed E-state index contributed by atoms with van der Waals surface area (Å²) in [6, 6.07) is 19.9. The van der Waals surface area contributed by atoms with Gasteiger partial charge in [-0.05, 0) is 12.0 Å². The second-order valence-electron chi connectivity index (χ2n) is 5.31. The standard InChI is InChI=1S/C19H18O3/c1-21-17-14-18(20)22-19(17,16-10-6-3-7-11-16)13-12-15-8-4-2-5-9-15/h2-11,14H,12-13H2,1H3. The minimum Gasteiger partial charge on any atom is -0.496 e. The van der Waals surface area contributed by atoms with Gasteiger partial charge in [-0.1, -0.05) is 60.7 Å². The van der Waals surface area contributed by atoms with Gasteiger partial charge in [0.1, 0.15) is 0 Å². The molecule has 0 N–H and O–H groups in total. The molecule has 22 heavy (non-hydrogen) atoms. The molecule has 0 saturated carbocycles. The number of hydrogen-bond donors (Lipinski definition) is 0. The smallest absolute Gasteiger partial charge is 0.335 e. The van der Waals surface area contributed by atoms with Gasteiger partial charge in [0.05, 0.1) is 13.2 Å². The van der Waals surface area contributed by atoms with E-state index in [0.717, 1.165) is 12.0 Å². The second kappa shape index (κ2) is 6.06.